The molecule has 0 saturated carbocycles. The van der Waals surface area contributed by atoms with Crippen LogP contribution in [0.4, 0.5) is 5.69 Å². The van der Waals surface area contributed by atoms with Crippen LogP contribution >= 0.6 is 11.6 Å². The molecule has 1 N–H and O–H groups in total. The summed E-state index contributed by atoms with van der Waals surface area (Å²) in [7, 11) is -3.67. The fourth-order valence-electron chi connectivity index (χ4n) is 3.15. The number of nitrogens with one attached hydrogen (secondary N) is 1. The number of sulfonamides is 1. The number of likely N-dealkylation sites (tertiary alicyclic amines) is 1. The van der Waals surface area contributed by atoms with Gasteiger partial charge < -0.3 is 5.32 Å². The van der Waals surface area contributed by atoms with Gasteiger partial charge in [0, 0.05) is 25.9 Å². The van der Waals surface area contributed by atoms with E-state index in [2.05, 4.69) is 5.32 Å². The summed E-state index contributed by atoms with van der Waals surface area (Å²) in [5.74, 6) is -1.42. The van der Waals surface area contributed by atoms with Crippen molar-refractivity contribution < 1.29 is 22.8 Å². The van der Waals surface area contributed by atoms with Gasteiger partial charge in [-0.1, -0.05) is 18.0 Å². The number of piperidine rings is 1. The van der Waals surface area contributed by atoms with Crippen LogP contribution in [0.3, 0.4) is 0 Å². The molecule has 0 radical (unpaired) electrons. The third-order valence-electron chi connectivity index (χ3n) is 4.62. The highest BCUT2D eigenvalue weighted by atomic mass is 35.5. The van der Waals surface area contributed by atoms with Crippen LogP contribution in [0, 0.1) is 0 Å². The Balaban J connectivity index is 1.76. The molecule has 0 atom stereocenters. The smallest absolute Gasteiger partial charge is 0.244 e. The molecule has 2 saturated heterocycles. The maximum atomic E-state index is 12.8. The number of carbonyl (C=O) groups excluding carboxylic acids is 3. The lowest BCUT2D eigenvalue weighted by Gasteiger charge is -2.26. The molecular formula is C17H20ClN3O5S. The Morgan fingerprint density at radius 2 is 1.70 bits per heavy atom. The zero-order valence-corrected chi connectivity index (χ0v) is 16.2. The van der Waals surface area contributed by atoms with Gasteiger partial charge in [-0.15, -0.1) is 0 Å². The predicted octanol–water partition coefficient (Wildman–Crippen LogP) is 1.60. The highest BCUT2D eigenvalue weighted by molar-refractivity contribution is 7.89. The maximum Gasteiger partial charge on any atom is 0.244 e. The molecule has 0 aromatic heterocycles. The molecule has 2 heterocycles. The second kappa shape index (κ2) is 7.95. The Bertz CT molecular complexity index is 865. The monoisotopic (exact) mass is 413 g/mol. The van der Waals surface area contributed by atoms with Crippen molar-refractivity contribution in [3.63, 3.8) is 0 Å². The summed E-state index contributed by atoms with van der Waals surface area (Å²) in [6, 6.07) is 4.10. The predicted molar refractivity (Wildman–Crippen MR) is 98.6 cm³/mol. The first kappa shape index (κ1) is 19.8. The number of nitrogens with zero attached hydrogens (tertiary/aromatic N) is 2. The first-order valence-electron chi connectivity index (χ1n) is 8.72. The molecular weight excluding hydrogens is 394 g/mol. The van der Waals surface area contributed by atoms with Gasteiger partial charge in [-0.25, -0.2) is 8.42 Å². The van der Waals surface area contributed by atoms with Crippen LogP contribution in [0.15, 0.2) is 23.1 Å². The average molecular weight is 414 g/mol. The first-order chi connectivity index (χ1) is 12.8. The van der Waals surface area contributed by atoms with Crippen molar-refractivity contribution >= 4 is 45.0 Å². The molecule has 10 heteroatoms. The summed E-state index contributed by atoms with van der Waals surface area (Å²) in [6.07, 6.45) is 2.82. The van der Waals surface area contributed by atoms with E-state index in [4.69, 9.17) is 11.6 Å². The fraction of sp³-hybridized carbons (Fsp3) is 0.471. The number of hydrogen-bond donors (Lipinski definition) is 1. The number of imide groups is 1. The molecule has 146 valence electrons. The molecule has 1 aromatic carbocycles. The van der Waals surface area contributed by atoms with E-state index in [0.717, 1.165) is 24.2 Å². The van der Waals surface area contributed by atoms with Gasteiger partial charge in [-0.2, -0.15) is 4.31 Å². The van der Waals surface area contributed by atoms with Crippen LogP contribution in [0.5, 0.6) is 0 Å². The van der Waals surface area contributed by atoms with Gasteiger partial charge >= 0.3 is 0 Å². The minimum absolute atomic E-state index is 0.0393. The largest absolute Gasteiger partial charge is 0.323 e. The standard InChI is InChI=1S/C17H20ClN3O5S/c18-13-5-4-12(27(25,26)20-8-2-1-3-9-20)10-14(13)19-15(22)11-21-16(23)6-7-17(21)24/h4-5,10H,1-3,6-9,11H2,(H,19,22). The Morgan fingerprint density at radius 1 is 1.07 bits per heavy atom. The zero-order chi connectivity index (χ0) is 19.6. The summed E-state index contributed by atoms with van der Waals surface area (Å²) in [5.41, 5.74) is 0.124. The molecule has 0 bridgehead atoms. The van der Waals surface area contributed by atoms with Crippen molar-refractivity contribution in [2.75, 3.05) is 25.0 Å². The molecule has 3 rings (SSSR count). The van der Waals surface area contributed by atoms with Crippen molar-refractivity contribution in [1.82, 2.24) is 9.21 Å². The van der Waals surface area contributed by atoms with Crippen LogP contribution in [0.2, 0.25) is 5.02 Å². The van der Waals surface area contributed by atoms with E-state index >= 15 is 0 Å². The second-order valence-electron chi connectivity index (χ2n) is 6.53. The van der Waals surface area contributed by atoms with Crippen molar-refractivity contribution in [2.45, 2.75) is 37.0 Å². The van der Waals surface area contributed by atoms with E-state index in [1.54, 1.807) is 0 Å². The van der Waals surface area contributed by atoms with Gasteiger partial charge in [0.05, 0.1) is 15.6 Å². The summed E-state index contributed by atoms with van der Waals surface area (Å²) in [6.45, 7) is 0.509. The number of carbonyl (C=O) groups is 3. The van der Waals surface area contributed by atoms with E-state index in [1.165, 1.54) is 22.5 Å². The summed E-state index contributed by atoms with van der Waals surface area (Å²) < 4.78 is 27.0. The van der Waals surface area contributed by atoms with Gasteiger partial charge in [0.2, 0.25) is 27.7 Å². The molecule has 1 aromatic rings. The molecule has 0 spiro atoms. The van der Waals surface area contributed by atoms with Crippen molar-refractivity contribution in [3.8, 4) is 0 Å². The van der Waals surface area contributed by atoms with Gasteiger partial charge in [0.1, 0.15) is 6.54 Å². The van der Waals surface area contributed by atoms with E-state index < -0.39 is 34.3 Å². The second-order valence-corrected chi connectivity index (χ2v) is 8.87. The molecule has 0 aliphatic carbocycles. The molecule has 3 amide bonds. The lowest BCUT2D eigenvalue weighted by atomic mass is 10.2. The van der Waals surface area contributed by atoms with Gasteiger partial charge in [-0.05, 0) is 31.0 Å². The zero-order valence-electron chi connectivity index (χ0n) is 14.6. The van der Waals surface area contributed by atoms with Gasteiger partial charge in [-0.3, -0.25) is 19.3 Å². The normalized spacial score (nSPS) is 18.8. The quantitative estimate of drug-likeness (QED) is 0.738. The number of anilines is 1. The van der Waals surface area contributed by atoms with Gasteiger partial charge in [0.15, 0.2) is 0 Å². The minimum atomic E-state index is -3.67. The highest BCUT2D eigenvalue weighted by Gasteiger charge is 2.31. The average Bonchev–Trinajstić information content (AvgIpc) is 2.96. The van der Waals surface area contributed by atoms with Crippen LogP contribution in [-0.4, -0.2) is 55.0 Å². The fourth-order valence-corrected chi connectivity index (χ4v) is 4.86. The van der Waals surface area contributed by atoms with E-state index in [1.807, 2.05) is 0 Å². The highest BCUT2D eigenvalue weighted by Crippen LogP contribution is 2.28. The number of benzene rings is 1. The van der Waals surface area contributed by atoms with Crippen LogP contribution in [0.1, 0.15) is 32.1 Å². The summed E-state index contributed by atoms with van der Waals surface area (Å²) in [4.78, 5) is 36.4. The molecule has 8 nitrogen and oxygen atoms in total. The SMILES string of the molecule is O=C(CN1C(=O)CCC1=O)Nc1cc(S(=O)(=O)N2CCCCC2)ccc1Cl. The van der Waals surface area contributed by atoms with Crippen molar-refractivity contribution in [1.29, 1.82) is 0 Å². The Hall–Kier alpha value is -1.97. The molecule has 2 aliphatic rings. The Labute approximate surface area is 162 Å². The van der Waals surface area contributed by atoms with Crippen LogP contribution < -0.4 is 5.32 Å². The third kappa shape index (κ3) is 4.31. The van der Waals surface area contributed by atoms with E-state index in [0.29, 0.717) is 13.1 Å². The number of rotatable bonds is 5. The van der Waals surface area contributed by atoms with E-state index in [9.17, 15) is 22.8 Å². The number of amides is 3. The lowest BCUT2D eigenvalue weighted by Crippen LogP contribution is -2.37. The number of halogens is 1. The number of hydrogen-bond acceptors (Lipinski definition) is 5. The maximum absolute atomic E-state index is 12.8. The summed E-state index contributed by atoms with van der Waals surface area (Å²) in [5, 5.41) is 2.66. The summed E-state index contributed by atoms with van der Waals surface area (Å²) >= 11 is 6.08. The first-order valence-corrected chi connectivity index (χ1v) is 10.5. The van der Waals surface area contributed by atoms with Gasteiger partial charge in [0.25, 0.3) is 0 Å². The van der Waals surface area contributed by atoms with Crippen molar-refractivity contribution in [3.05, 3.63) is 23.2 Å². The van der Waals surface area contributed by atoms with Crippen molar-refractivity contribution in [2.24, 2.45) is 0 Å². The minimum Gasteiger partial charge on any atom is -0.323 e. The van der Waals surface area contributed by atoms with E-state index in [-0.39, 0.29) is 28.4 Å². The van der Waals surface area contributed by atoms with Crippen LogP contribution in [0.25, 0.3) is 0 Å². The lowest BCUT2D eigenvalue weighted by molar-refractivity contribution is -0.141. The molecule has 2 aliphatic heterocycles. The Morgan fingerprint density at radius 3 is 2.33 bits per heavy atom. The molecule has 27 heavy (non-hydrogen) atoms. The topological polar surface area (TPSA) is 104 Å². The third-order valence-corrected chi connectivity index (χ3v) is 6.85. The molecule has 2 fully saturated rings. The Kier molecular flexibility index (Phi) is 5.83. The molecule has 0 unspecified atom stereocenters. The van der Waals surface area contributed by atoms with Crippen LogP contribution in [-0.2, 0) is 24.4 Å².